The number of allylic oxidation sites excluding steroid dienone is 1. The molecule has 0 radical (unpaired) electrons. The molecule has 1 rings (SSSR count). The summed E-state index contributed by atoms with van der Waals surface area (Å²) in [5.41, 5.74) is -0.997. The molecule has 0 aromatic rings. The van der Waals surface area contributed by atoms with Crippen molar-refractivity contribution in [3.8, 4) is 0 Å². The summed E-state index contributed by atoms with van der Waals surface area (Å²) in [7, 11) is 0. The van der Waals surface area contributed by atoms with E-state index in [1.54, 1.807) is 19.1 Å². The number of hydrogen-bond acceptors (Lipinski definition) is 4. The first-order chi connectivity index (χ1) is 7.65. The minimum atomic E-state index is -1.56. The van der Waals surface area contributed by atoms with Gasteiger partial charge in [0.05, 0.1) is 12.3 Å². The Hall–Kier alpha value is -1.16. The molecule has 4 nitrogen and oxygen atoms in total. The molecule has 1 atom stereocenters. The lowest BCUT2D eigenvalue weighted by Gasteiger charge is -2.24. The van der Waals surface area contributed by atoms with Gasteiger partial charge in [-0.3, -0.25) is 4.99 Å². The summed E-state index contributed by atoms with van der Waals surface area (Å²) in [6.45, 7) is 4.53. The third-order valence-corrected chi connectivity index (χ3v) is 2.61. The predicted molar refractivity (Wildman–Crippen MR) is 62.5 cm³/mol. The Balaban J connectivity index is 2.86. The first-order valence-electron chi connectivity index (χ1n) is 5.69. The van der Waals surface area contributed by atoms with Crippen molar-refractivity contribution in [3.05, 3.63) is 12.2 Å². The summed E-state index contributed by atoms with van der Waals surface area (Å²) < 4.78 is 4.91. The van der Waals surface area contributed by atoms with Gasteiger partial charge in [-0.1, -0.05) is 12.2 Å². The predicted octanol–water partition coefficient (Wildman–Crippen LogP) is 1.48. The molecular weight excluding hydrogens is 206 g/mol. The molecule has 0 amide bonds. The van der Waals surface area contributed by atoms with E-state index < -0.39 is 11.6 Å². The lowest BCUT2D eigenvalue weighted by atomic mass is 9.91. The van der Waals surface area contributed by atoms with E-state index in [0.29, 0.717) is 18.7 Å². The fourth-order valence-corrected chi connectivity index (χ4v) is 1.73. The van der Waals surface area contributed by atoms with Crippen LogP contribution in [0.5, 0.6) is 0 Å². The van der Waals surface area contributed by atoms with Crippen molar-refractivity contribution in [1.29, 1.82) is 0 Å². The van der Waals surface area contributed by atoms with Gasteiger partial charge in [-0.25, -0.2) is 4.79 Å². The molecule has 16 heavy (non-hydrogen) atoms. The van der Waals surface area contributed by atoms with E-state index in [4.69, 9.17) is 4.74 Å². The number of hydrogen-bond donors (Lipinski definition) is 1. The SMILES string of the molecule is C/C=C/CC(O)(C(=O)OCC)C1=NCCC1. The largest absolute Gasteiger partial charge is 0.464 e. The van der Waals surface area contributed by atoms with Crippen molar-refractivity contribution < 1.29 is 14.6 Å². The van der Waals surface area contributed by atoms with Crippen LogP contribution in [0.1, 0.15) is 33.1 Å². The van der Waals surface area contributed by atoms with E-state index in [0.717, 1.165) is 6.42 Å². The fourth-order valence-electron chi connectivity index (χ4n) is 1.73. The van der Waals surface area contributed by atoms with E-state index in [1.165, 1.54) is 0 Å². The van der Waals surface area contributed by atoms with Crippen LogP contribution in [0.3, 0.4) is 0 Å². The normalized spacial score (nSPS) is 19.6. The average Bonchev–Trinajstić information content (AvgIpc) is 2.80. The Kier molecular flexibility index (Phi) is 4.68. The van der Waals surface area contributed by atoms with Crippen LogP contribution in [-0.4, -0.2) is 35.5 Å². The Morgan fingerprint density at radius 1 is 1.69 bits per heavy atom. The summed E-state index contributed by atoms with van der Waals surface area (Å²) in [5.74, 6) is -0.589. The molecule has 1 unspecified atom stereocenters. The smallest absolute Gasteiger partial charge is 0.344 e. The Morgan fingerprint density at radius 3 is 2.94 bits per heavy atom. The van der Waals surface area contributed by atoms with Gasteiger partial charge in [0.25, 0.3) is 0 Å². The maximum Gasteiger partial charge on any atom is 0.344 e. The molecule has 90 valence electrons. The lowest BCUT2D eigenvalue weighted by Crippen LogP contribution is -2.46. The number of carbonyl (C=O) groups excluding carboxylic acids is 1. The highest BCUT2D eigenvalue weighted by atomic mass is 16.5. The van der Waals surface area contributed by atoms with Crippen molar-refractivity contribution in [2.24, 2.45) is 4.99 Å². The van der Waals surface area contributed by atoms with E-state index in [9.17, 15) is 9.90 Å². The summed E-state index contributed by atoms with van der Waals surface area (Å²) in [6.07, 6.45) is 5.37. The summed E-state index contributed by atoms with van der Waals surface area (Å²) in [6, 6.07) is 0. The quantitative estimate of drug-likeness (QED) is 0.569. The molecule has 0 saturated carbocycles. The van der Waals surface area contributed by atoms with E-state index >= 15 is 0 Å². The standard InChI is InChI=1S/C12H19NO3/c1-3-5-8-12(15,11(14)16-4-2)10-7-6-9-13-10/h3,5,15H,4,6-9H2,1-2H3/b5-3+. The highest BCUT2D eigenvalue weighted by Crippen LogP contribution is 2.22. The van der Waals surface area contributed by atoms with Crippen LogP contribution < -0.4 is 0 Å². The maximum atomic E-state index is 11.8. The molecule has 4 heteroatoms. The molecule has 0 spiro atoms. The number of rotatable bonds is 5. The Bertz CT molecular complexity index is 309. The molecule has 0 bridgehead atoms. The summed E-state index contributed by atoms with van der Waals surface area (Å²) in [5, 5.41) is 10.4. The van der Waals surface area contributed by atoms with Gasteiger partial charge in [0, 0.05) is 13.0 Å². The average molecular weight is 225 g/mol. The first kappa shape index (κ1) is 12.9. The minimum Gasteiger partial charge on any atom is -0.464 e. The second-order valence-corrected chi connectivity index (χ2v) is 3.79. The second-order valence-electron chi connectivity index (χ2n) is 3.79. The highest BCUT2D eigenvalue weighted by Gasteiger charge is 2.42. The lowest BCUT2D eigenvalue weighted by molar-refractivity contribution is -0.157. The van der Waals surface area contributed by atoms with Gasteiger partial charge in [-0.15, -0.1) is 0 Å². The van der Waals surface area contributed by atoms with Crippen LogP contribution in [0, 0.1) is 0 Å². The van der Waals surface area contributed by atoms with E-state index in [-0.39, 0.29) is 13.0 Å². The molecule has 0 aromatic carbocycles. The highest BCUT2D eigenvalue weighted by molar-refractivity contribution is 6.10. The van der Waals surface area contributed by atoms with Crippen LogP contribution in [0.25, 0.3) is 0 Å². The first-order valence-corrected chi connectivity index (χ1v) is 5.69. The van der Waals surface area contributed by atoms with Crippen molar-refractivity contribution >= 4 is 11.7 Å². The number of esters is 1. The number of ether oxygens (including phenoxy) is 1. The van der Waals surface area contributed by atoms with Crippen molar-refractivity contribution in [2.75, 3.05) is 13.2 Å². The van der Waals surface area contributed by atoms with Gasteiger partial charge in [0.2, 0.25) is 5.60 Å². The molecule has 1 heterocycles. The van der Waals surface area contributed by atoms with Crippen molar-refractivity contribution in [1.82, 2.24) is 0 Å². The van der Waals surface area contributed by atoms with E-state index in [2.05, 4.69) is 4.99 Å². The van der Waals surface area contributed by atoms with Crippen LogP contribution >= 0.6 is 0 Å². The zero-order valence-corrected chi connectivity index (χ0v) is 9.90. The van der Waals surface area contributed by atoms with Gasteiger partial charge in [0.15, 0.2) is 0 Å². The Morgan fingerprint density at radius 2 is 2.44 bits per heavy atom. The van der Waals surface area contributed by atoms with Crippen molar-refractivity contribution in [3.63, 3.8) is 0 Å². The fraction of sp³-hybridized carbons (Fsp3) is 0.667. The monoisotopic (exact) mass is 225 g/mol. The molecule has 0 saturated heterocycles. The molecule has 0 aliphatic carbocycles. The topological polar surface area (TPSA) is 58.9 Å². The van der Waals surface area contributed by atoms with Crippen LogP contribution in [-0.2, 0) is 9.53 Å². The molecule has 1 N–H and O–H groups in total. The third-order valence-electron chi connectivity index (χ3n) is 2.61. The van der Waals surface area contributed by atoms with Crippen LogP contribution in [0.2, 0.25) is 0 Å². The number of aliphatic imine (C=N–C) groups is 1. The molecule has 0 fully saturated rings. The van der Waals surface area contributed by atoms with Crippen LogP contribution in [0.15, 0.2) is 17.1 Å². The molecular formula is C12H19NO3. The van der Waals surface area contributed by atoms with E-state index in [1.807, 2.05) is 6.92 Å². The molecule has 0 aromatic heterocycles. The second kappa shape index (κ2) is 5.80. The van der Waals surface area contributed by atoms with Gasteiger partial charge in [-0.2, -0.15) is 0 Å². The van der Waals surface area contributed by atoms with Crippen LogP contribution in [0.4, 0.5) is 0 Å². The zero-order valence-electron chi connectivity index (χ0n) is 9.90. The Labute approximate surface area is 96.0 Å². The van der Waals surface area contributed by atoms with Gasteiger partial charge in [-0.05, 0) is 26.7 Å². The number of carbonyl (C=O) groups is 1. The van der Waals surface area contributed by atoms with Gasteiger partial charge < -0.3 is 9.84 Å². The number of aliphatic hydroxyl groups is 1. The number of nitrogens with zero attached hydrogens (tertiary/aromatic N) is 1. The van der Waals surface area contributed by atoms with Gasteiger partial charge in [0.1, 0.15) is 0 Å². The van der Waals surface area contributed by atoms with Crippen molar-refractivity contribution in [2.45, 2.75) is 38.7 Å². The summed E-state index contributed by atoms with van der Waals surface area (Å²) in [4.78, 5) is 16.0. The zero-order chi connectivity index (χ0) is 12.0. The minimum absolute atomic E-state index is 0.237. The third kappa shape index (κ3) is 2.70. The van der Waals surface area contributed by atoms with Gasteiger partial charge >= 0.3 is 5.97 Å². The molecule has 1 aliphatic rings. The molecule has 1 aliphatic heterocycles. The maximum absolute atomic E-state index is 11.8. The summed E-state index contributed by atoms with van der Waals surface area (Å²) >= 11 is 0.